The van der Waals surface area contributed by atoms with E-state index in [1.807, 2.05) is 32.0 Å². The van der Waals surface area contributed by atoms with E-state index in [1.165, 1.54) is 24.4 Å². The lowest BCUT2D eigenvalue weighted by Gasteiger charge is -2.11. The van der Waals surface area contributed by atoms with Crippen LogP contribution in [0.4, 0.5) is 5.69 Å². The molecule has 8 nitrogen and oxygen atoms in total. The van der Waals surface area contributed by atoms with Crippen LogP contribution in [0.1, 0.15) is 11.1 Å². The fourth-order valence-electron chi connectivity index (χ4n) is 2.51. The molecule has 28 heavy (non-hydrogen) atoms. The Labute approximate surface area is 167 Å². The van der Waals surface area contributed by atoms with Gasteiger partial charge in [0.1, 0.15) is 11.5 Å². The topological polar surface area (TPSA) is 91.2 Å². The highest BCUT2D eigenvalue weighted by atomic mass is 32.2. The van der Waals surface area contributed by atoms with Gasteiger partial charge in [0, 0.05) is 6.07 Å². The summed E-state index contributed by atoms with van der Waals surface area (Å²) in [6.45, 7) is 4.08. The number of nitrogens with one attached hydrogen (secondary N) is 1. The van der Waals surface area contributed by atoms with E-state index in [2.05, 4.69) is 20.8 Å². The first-order chi connectivity index (χ1) is 13.5. The highest BCUT2D eigenvalue weighted by Gasteiger charge is 2.14. The Kier molecular flexibility index (Phi) is 6.15. The first kappa shape index (κ1) is 19.7. The van der Waals surface area contributed by atoms with Crippen molar-refractivity contribution < 1.29 is 14.3 Å². The van der Waals surface area contributed by atoms with E-state index in [4.69, 9.17) is 9.47 Å². The third kappa shape index (κ3) is 4.42. The fourth-order valence-corrected chi connectivity index (χ4v) is 3.20. The molecule has 3 aromatic rings. The number of benzene rings is 2. The molecule has 0 spiro atoms. The van der Waals surface area contributed by atoms with Crippen molar-refractivity contribution in [2.24, 2.45) is 0 Å². The molecule has 9 heteroatoms. The summed E-state index contributed by atoms with van der Waals surface area (Å²) in [5.41, 5.74) is 3.77. The number of hydrogen-bond acceptors (Lipinski definition) is 7. The first-order valence-corrected chi connectivity index (χ1v) is 9.51. The van der Waals surface area contributed by atoms with Gasteiger partial charge in [-0.1, -0.05) is 17.8 Å². The summed E-state index contributed by atoms with van der Waals surface area (Å²) in [6.07, 6.45) is 0. The van der Waals surface area contributed by atoms with Gasteiger partial charge in [0.05, 0.1) is 31.3 Å². The summed E-state index contributed by atoms with van der Waals surface area (Å²) in [4.78, 5) is 12.4. The lowest BCUT2D eigenvalue weighted by atomic mass is 10.1. The molecule has 1 heterocycles. The lowest BCUT2D eigenvalue weighted by molar-refractivity contribution is -0.113. The first-order valence-electron chi connectivity index (χ1n) is 8.52. The number of anilines is 1. The van der Waals surface area contributed by atoms with Crippen LogP contribution in [0.5, 0.6) is 11.5 Å². The van der Waals surface area contributed by atoms with Crippen LogP contribution in [-0.4, -0.2) is 46.1 Å². The molecule has 0 unspecified atom stereocenters. The molecular weight excluding hydrogens is 378 g/mol. The van der Waals surface area contributed by atoms with Crippen LogP contribution in [0.3, 0.4) is 0 Å². The number of rotatable bonds is 7. The maximum atomic E-state index is 12.4. The summed E-state index contributed by atoms with van der Waals surface area (Å²) in [6, 6.07) is 11.2. The molecule has 0 atom stereocenters. The Balaban J connectivity index is 1.68. The Morgan fingerprint density at radius 3 is 2.64 bits per heavy atom. The second-order valence-electron chi connectivity index (χ2n) is 6.04. The predicted octanol–water partition coefficient (Wildman–Crippen LogP) is 3.03. The zero-order chi connectivity index (χ0) is 20.1. The van der Waals surface area contributed by atoms with Gasteiger partial charge in [-0.2, -0.15) is 4.68 Å². The van der Waals surface area contributed by atoms with Gasteiger partial charge < -0.3 is 14.8 Å². The number of hydrogen-bond donors (Lipinski definition) is 1. The zero-order valence-corrected chi connectivity index (χ0v) is 16.9. The van der Waals surface area contributed by atoms with Crippen molar-refractivity contribution in [2.75, 3.05) is 25.3 Å². The minimum Gasteiger partial charge on any atom is -0.497 e. The zero-order valence-electron chi connectivity index (χ0n) is 16.1. The molecular formula is C19H21N5O3S. The van der Waals surface area contributed by atoms with Crippen LogP contribution < -0.4 is 14.8 Å². The monoisotopic (exact) mass is 399 g/mol. The van der Waals surface area contributed by atoms with E-state index in [1.54, 1.807) is 30.0 Å². The molecule has 3 rings (SSSR count). The normalized spacial score (nSPS) is 10.6. The molecule has 1 aromatic heterocycles. The number of aromatic nitrogens is 4. The number of carbonyl (C=O) groups excluding carboxylic acids is 1. The molecule has 0 saturated heterocycles. The summed E-state index contributed by atoms with van der Waals surface area (Å²) < 4.78 is 12.1. The number of nitrogens with zero attached hydrogens (tertiary/aromatic N) is 4. The number of aryl methyl sites for hydroxylation is 2. The van der Waals surface area contributed by atoms with Crippen LogP contribution in [-0.2, 0) is 4.79 Å². The van der Waals surface area contributed by atoms with E-state index in [0.717, 1.165) is 11.3 Å². The molecule has 2 aromatic carbocycles. The van der Waals surface area contributed by atoms with Crippen molar-refractivity contribution in [2.45, 2.75) is 19.0 Å². The van der Waals surface area contributed by atoms with Gasteiger partial charge in [-0.05, 0) is 59.7 Å². The van der Waals surface area contributed by atoms with Crippen molar-refractivity contribution in [3.63, 3.8) is 0 Å². The highest BCUT2D eigenvalue weighted by molar-refractivity contribution is 7.99. The standard InChI is InChI=1S/C19H21N5O3S/c1-12-5-6-14(9-13(12)2)24-19(21-22-23-24)28-11-18(25)20-16-8-7-15(26-3)10-17(16)27-4/h5-10H,11H2,1-4H3,(H,20,25). The average Bonchev–Trinajstić information content (AvgIpc) is 3.17. The minimum absolute atomic E-state index is 0.153. The van der Waals surface area contributed by atoms with Crippen molar-refractivity contribution >= 4 is 23.4 Å². The SMILES string of the molecule is COc1ccc(NC(=O)CSc2nnnn2-c2ccc(C)c(C)c2)c(OC)c1. The van der Waals surface area contributed by atoms with Gasteiger partial charge in [0.15, 0.2) is 0 Å². The molecule has 0 fully saturated rings. The van der Waals surface area contributed by atoms with Gasteiger partial charge in [-0.3, -0.25) is 4.79 Å². The predicted molar refractivity (Wildman–Crippen MR) is 108 cm³/mol. The van der Waals surface area contributed by atoms with E-state index in [9.17, 15) is 4.79 Å². The van der Waals surface area contributed by atoms with Crippen LogP contribution in [0.2, 0.25) is 0 Å². The van der Waals surface area contributed by atoms with E-state index >= 15 is 0 Å². The molecule has 0 bridgehead atoms. The van der Waals surface area contributed by atoms with Crippen LogP contribution >= 0.6 is 11.8 Å². The third-order valence-corrected chi connectivity index (χ3v) is 5.11. The maximum absolute atomic E-state index is 12.4. The fraction of sp³-hybridized carbons (Fsp3) is 0.263. The van der Waals surface area contributed by atoms with Crippen LogP contribution in [0.15, 0.2) is 41.6 Å². The molecule has 0 aliphatic heterocycles. The highest BCUT2D eigenvalue weighted by Crippen LogP contribution is 2.29. The Bertz CT molecular complexity index is 989. The summed E-state index contributed by atoms with van der Waals surface area (Å²) in [5, 5.41) is 15.2. The minimum atomic E-state index is -0.192. The number of ether oxygens (including phenoxy) is 2. The Morgan fingerprint density at radius 1 is 1.11 bits per heavy atom. The molecule has 0 radical (unpaired) electrons. The summed E-state index contributed by atoms with van der Waals surface area (Å²) in [7, 11) is 3.11. The van der Waals surface area contributed by atoms with Gasteiger partial charge in [0.2, 0.25) is 11.1 Å². The van der Waals surface area contributed by atoms with Crippen molar-refractivity contribution in [1.82, 2.24) is 20.2 Å². The maximum Gasteiger partial charge on any atom is 0.234 e. The molecule has 1 N–H and O–H groups in total. The molecule has 0 aliphatic rings. The number of thioether (sulfide) groups is 1. The van der Waals surface area contributed by atoms with Gasteiger partial charge in [-0.15, -0.1) is 5.10 Å². The molecule has 0 saturated carbocycles. The number of methoxy groups -OCH3 is 2. The number of carbonyl (C=O) groups is 1. The average molecular weight is 399 g/mol. The van der Waals surface area contributed by atoms with E-state index in [0.29, 0.717) is 22.3 Å². The van der Waals surface area contributed by atoms with Gasteiger partial charge in [0.25, 0.3) is 0 Å². The van der Waals surface area contributed by atoms with Gasteiger partial charge in [-0.25, -0.2) is 0 Å². The van der Waals surface area contributed by atoms with Crippen molar-refractivity contribution in [3.8, 4) is 17.2 Å². The summed E-state index contributed by atoms with van der Waals surface area (Å²) >= 11 is 1.26. The van der Waals surface area contributed by atoms with Gasteiger partial charge >= 0.3 is 0 Å². The van der Waals surface area contributed by atoms with E-state index < -0.39 is 0 Å². The number of amides is 1. The van der Waals surface area contributed by atoms with Crippen LogP contribution in [0.25, 0.3) is 5.69 Å². The lowest BCUT2D eigenvalue weighted by Crippen LogP contribution is -2.15. The second-order valence-corrected chi connectivity index (χ2v) is 6.99. The van der Waals surface area contributed by atoms with E-state index in [-0.39, 0.29) is 11.7 Å². The molecule has 1 amide bonds. The Morgan fingerprint density at radius 2 is 1.93 bits per heavy atom. The van der Waals surface area contributed by atoms with Crippen molar-refractivity contribution in [1.29, 1.82) is 0 Å². The quantitative estimate of drug-likeness (QED) is 0.611. The van der Waals surface area contributed by atoms with Crippen molar-refractivity contribution in [3.05, 3.63) is 47.5 Å². The largest absolute Gasteiger partial charge is 0.497 e. The third-order valence-electron chi connectivity index (χ3n) is 4.19. The number of tetrazole rings is 1. The molecule has 0 aliphatic carbocycles. The second kappa shape index (κ2) is 8.75. The van der Waals surface area contributed by atoms with Crippen LogP contribution in [0, 0.1) is 13.8 Å². The molecule has 146 valence electrons. The Hall–Kier alpha value is -3.07. The smallest absolute Gasteiger partial charge is 0.234 e. The summed E-state index contributed by atoms with van der Waals surface area (Å²) in [5.74, 6) is 1.14.